The summed E-state index contributed by atoms with van der Waals surface area (Å²) in [6, 6.07) is 4.74. The Hall–Kier alpha value is -1.07. The van der Waals surface area contributed by atoms with Gasteiger partial charge in [-0.3, -0.25) is 4.79 Å². The maximum atomic E-state index is 13.4. The SMILES string of the molecule is CC(CN)CCC(=O)NC1CCSc2ccc(F)cc21. The summed E-state index contributed by atoms with van der Waals surface area (Å²) in [5.41, 5.74) is 6.45. The van der Waals surface area contributed by atoms with Crippen LogP contribution in [0.3, 0.4) is 0 Å². The van der Waals surface area contributed by atoms with Crippen LogP contribution < -0.4 is 11.1 Å². The quantitative estimate of drug-likeness (QED) is 0.878. The fraction of sp³-hybridized carbons (Fsp3) is 0.533. The second-order valence-corrected chi connectivity index (χ2v) is 6.46. The molecule has 0 aliphatic carbocycles. The monoisotopic (exact) mass is 296 g/mol. The first-order valence-electron chi connectivity index (χ1n) is 7.02. The summed E-state index contributed by atoms with van der Waals surface area (Å²) in [5, 5.41) is 3.02. The Labute approximate surface area is 123 Å². The molecule has 0 radical (unpaired) electrons. The minimum absolute atomic E-state index is 0.0254. The van der Waals surface area contributed by atoms with Gasteiger partial charge in [-0.05, 0) is 49.1 Å². The van der Waals surface area contributed by atoms with E-state index in [0.717, 1.165) is 29.1 Å². The van der Waals surface area contributed by atoms with E-state index in [1.165, 1.54) is 12.1 Å². The lowest BCUT2D eigenvalue weighted by Gasteiger charge is -2.26. The fourth-order valence-electron chi connectivity index (χ4n) is 2.28. The van der Waals surface area contributed by atoms with E-state index in [1.54, 1.807) is 17.8 Å². The molecule has 0 spiro atoms. The highest BCUT2D eigenvalue weighted by Crippen LogP contribution is 2.36. The van der Waals surface area contributed by atoms with Crippen LogP contribution in [0.5, 0.6) is 0 Å². The molecule has 20 heavy (non-hydrogen) atoms. The number of fused-ring (bicyclic) bond motifs is 1. The van der Waals surface area contributed by atoms with Crippen LogP contribution in [0, 0.1) is 11.7 Å². The second-order valence-electron chi connectivity index (χ2n) is 5.32. The van der Waals surface area contributed by atoms with Gasteiger partial charge in [-0.15, -0.1) is 11.8 Å². The Morgan fingerprint density at radius 3 is 3.15 bits per heavy atom. The number of benzene rings is 1. The lowest BCUT2D eigenvalue weighted by Crippen LogP contribution is -2.31. The van der Waals surface area contributed by atoms with E-state index in [4.69, 9.17) is 5.73 Å². The number of carbonyl (C=O) groups excluding carboxylic acids is 1. The van der Waals surface area contributed by atoms with Crippen LogP contribution in [-0.4, -0.2) is 18.2 Å². The van der Waals surface area contributed by atoms with Gasteiger partial charge in [-0.25, -0.2) is 4.39 Å². The summed E-state index contributed by atoms with van der Waals surface area (Å²) in [6.45, 7) is 2.64. The van der Waals surface area contributed by atoms with Gasteiger partial charge in [0.05, 0.1) is 6.04 Å². The molecule has 1 aromatic rings. The Bertz CT molecular complexity index is 481. The zero-order valence-corrected chi connectivity index (χ0v) is 12.5. The molecule has 1 aliphatic rings. The van der Waals surface area contributed by atoms with Crippen LogP contribution in [0.1, 0.15) is 37.8 Å². The van der Waals surface area contributed by atoms with Crippen molar-refractivity contribution >= 4 is 17.7 Å². The Kier molecular flexibility index (Phi) is 5.43. The number of hydrogen-bond acceptors (Lipinski definition) is 3. The minimum Gasteiger partial charge on any atom is -0.349 e. The number of thioether (sulfide) groups is 1. The van der Waals surface area contributed by atoms with E-state index in [0.29, 0.717) is 18.9 Å². The van der Waals surface area contributed by atoms with E-state index >= 15 is 0 Å². The van der Waals surface area contributed by atoms with Gasteiger partial charge in [0.1, 0.15) is 5.82 Å². The lowest BCUT2D eigenvalue weighted by atomic mass is 10.0. The highest BCUT2D eigenvalue weighted by Gasteiger charge is 2.22. The van der Waals surface area contributed by atoms with Crippen molar-refractivity contribution in [3.8, 4) is 0 Å². The van der Waals surface area contributed by atoms with Crippen LogP contribution in [0.2, 0.25) is 0 Å². The molecule has 1 amide bonds. The zero-order chi connectivity index (χ0) is 14.5. The van der Waals surface area contributed by atoms with Gasteiger partial charge < -0.3 is 11.1 Å². The van der Waals surface area contributed by atoms with Crippen LogP contribution in [-0.2, 0) is 4.79 Å². The topological polar surface area (TPSA) is 55.1 Å². The van der Waals surface area contributed by atoms with Crippen molar-refractivity contribution in [2.24, 2.45) is 11.7 Å². The Morgan fingerprint density at radius 2 is 2.40 bits per heavy atom. The van der Waals surface area contributed by atoms with E-state index < -0.39 is 0 Å². The molecular weight excluding hydrogens is 275 g/mol. The standard InChI is InChI=1S/C15H21FN2OS/c1-10(9-17)2-5-15(19)18-13-6-7-20-14-4-3-11(16)8-12(13)14/h3-4,8,10,13H,2,5-7,9,17H2,1H3,(H,18,19). The number of nitrogens with two attached hydrogens (primary N) is 1. The third-order valence-electron chi connectivity index (χ3n) is 3.61. The maximum absolute atomic E-state index is 13.4. The smallest absolute Gasteiger partial charge is 0.220 e. The molecule has 2 rings (SSSR count). The van der Waals surface area contributed by atoms with Gasteiger partial charge in [0.25, 0.3) is 0 Å². The molecule has 0 saturated heterocycles. The van der Waals surface area contributed by atoms with Crippen molar-refractivity contribution in [1.82, 2.24) is 5.32 Å². The molecule has 2 atom stereocenters. The number of amides is 1. The molecule has 110 valence electrons. The number of carbonyl (C=O) groups is 1. The Balaban J connectivity index is 1.97. The molecule has 0 aromatic heterocycles. The van der Waals surface area contributed by atoms with Crippen molar-refractivity contribution in [2.45, 2.75) is 37.1 Å². The molecule has 0 saturated carbocycles. The maximum Gasteiger partial charge on any atom is 0.220 e. The van der Waals surface area contributed by atoms with Gasteiger partial charge in [-0.2, -0.15) is 0 Å². The average Bonchev–Trinajstić information content (AvgIpc) is 2.45. The summed E-state index contributed by atoms with van der Waals surface area (Å²) in [6.07, 6.45) is 2.12. The molecule has 1 aliphatic heterocycles. The first kappa shape index (κ1) is 15.3. The largest absolute Gasteiger partial charge is 0.349 e. The second kappa shape index (κ2) is 7.09. The van der Waals surface area contributed by atoms with Crippen molar-refractivity contribution < 1.29 is 9.18 Å². The van der Waals surface area contributed by atoms with E-state index in [-0.39, 0.29) is 17.8 Å². The lowest BCUT2D eigenvalue weighted by molar-refractivity contribution is -0.122. The number of hydrogen-bond donors (Lipinski definition) is 2. The summed E-state index contributed by atoms with van der Waals surface area (Å²) in [4.78, 5) is 13.0. The zero-order valence-electron chi connectivity index (χ0n) is 11.7. The first-order valence-corrected chi connectivity index (χ1v) is 8.00. The van der Waals surface area contributed by atoms with E-state index in [9.17, 15) is 9.18 Å². The summed E-state index contributed by atoms with van der Waals surface area (Å²) in [5.74, 6) is 1.08. The van der Waals surface area contributed by atoms with Crippen molar-refractivity contribution in [2.75, 3.05) is 12.3 Å². The Morgan fingerprint density at radius 1 is 1.60 bits per heavy atom. The van der Waals surface area contributed by atoms with Crippen molar-refractivity contribution in [1.29, 1.82) is 0 Å². The molecule has 2 unspecified atom stereocenters. The average molecular weight is 296 g/mol. The van der Waals surface area contributed by atoms with E-state index in [1.807, 2.05) is 6.92 Å². The molecule has 3 nitrogen and oxygen atoms in total. The summed E-state index contributed by atoms with van der Waals surface area (Å²) < 4.78 is 13.4. The van der Waals surface area contributed by atoms with Gasteiger partial charge >= 0.3 is 0 Å². The normalized spacial score (nSPS) is 19.2. The van der Waals surface area contributed by atoms with Crippen molar-refractivity contribution in [3.05, 3.63) is 29.6 Å². The van der Waals surface area contributed by atoms with Crippen molar-refractivity contribution in [3.63, 3.8) is 0 Å². The minimum atomic E-state index is -0.248. The van der Waals surface area contributed by atoms with Gasteiger partial charge in [0, 0.05) is 17.1 Å². The van der Waals surface area contributed by atoms with Crippen LogP contribution in [0.4, 0.5) is 4.39 Å². The van der Waals surface area contributed by atoms with Gasteiger partial charge in [0.15, 0.2) is 0 Å². The molecule has 3 N–H and O–H groups in total. The van der Waals surface area contributed by atoms with E-state index in [2.05, 4.69) is 5.32 Å². The van der Waals surface area contributed by atoms with Crippen LogP contribution in [0.25, 0.3) is 0 Å². The summed E-state index contributed by atoms with van der Waals surface area (Å²) in [7, 11) is 0. The third-order valence-corrected chi connectivity index (χ3v) is 4.74. The molecule has 5 heteroatoms. The first-order chi connectivity index (χ1) is 9.60. The van der Waals surface area contributed by atoms with Gasteiger partial charge in [-0.1, -0.05) is 6.92 Å². The number of nitrogens with one attached hydrogen (secondary N) is 1. The molecular formula is C15H21FN2OS. The summed E-state index contributed by atoms with van der Waals surface area (Å²) >= 11 is 1.72. The highest BCUT2D eigenvalue weighted by molar-refractivity contribution is 7.99. The molecule has 0 fully saturated rings. The molecule has 1 aromatic carbocycles. The number of rotatable bonds is 5. The predicted octanol–water partition coefficient (Wildman–Crippen LogP) is 2.85. The van der Waals surface area contributed by atoms with Crippen LogP contribution >= 0.6 is 11.8 Å². The number of halogens is 1. The molecule has 0 bridgehead atoms. The predicted molar refractivity (Wildman–Crippen MR) is 80.1 cm³/mol. The third kappa shape index (κ3) is 3.96. The van der Waals surface area contributed by atoms with Gasteiger partial charge in [0.2, 0.25) is 5.91 Å². The van der Waals surface area contributed by atoms with Crippen LogP contribution in [0.15, 0.2) is 23.1 Å². The highest BCUT2D eigenvalue weighted by atomic mass is 32.2. The molecule has 1 heterocycles. The fourth-order valence-corrected chi connectivity index (χ4v) is 3.38.